The third-order valence-corrected chi connectivity index (χ3v) is 5.12. The smallest absolute Gasteiger partial charge is 0.236 e. The fraction of sp³-hybridized carbons (Fsp3) is 0.235. The van der Waals surface area contributed by atoms with Crippen LogP contribution >= 0.6 is 24.0 Å². The summed E-state index contributed by atoms with van der Waals surface area (Å²) >= 11 is 6.40. The molecule has 0 amide bonds. The van der Waals surface area contributed by atoms with Crippen molar-refractivity contribution >= 4 is 45.9 Å². The van der Waals surface area contributed by atoms with E-state index >= 15 is 0 Å². The molecule has 134 valence electrons. The Labute approximate surface area is 160 Å². The average Bonchev–Trinajstić information content (AvgIpc) is 3.13. The van der Waals surface area contributed by atoms with Gasteiger partial charge in [0.1, 0.15) is 16.1 Å². The zero-order valence-corrected chi connectivity index (χ0v) is 15.7. The van der Waals surface area contributed by atoms with E-state index in [2.05, 4.69) is 10.3 Å². The first-order valence-corrected chi connectivity index (χ1v) is 8.99. The second-order valence-electron chi connectivity index (χ2n) is 5.32. The number of hydrogen-bond acceptors (Lipinski definition) is 8. The predicted octanol–water partition coefficient (Wildman–Crippen LogP) is 3.31. The molecule has 2 heterocycles. The normalized spacial score (nSPS) is 18.2. The van der Waals surface area contributed by atoms with Crippen molar-refractivity contribution in [3.63, 3.8) is 0 Å². The number of aliphatic hydroxyl groups excluding tert-OH is 1. The van der Waals surface area contributed by atoms with E-state index in [1.54, 1.807) is 18.0 Å². The Kier molecular flexibility index (Phi) is 5.46. The first kappa shape index (κ1) is 18.3. The lowest BCUT2D eigenvalue weighted by Gasteiger charge is -2.13. The molecule has 0 spiro atoms. The number of anilines is 2. The minimum Gasteiger partial charge on any atom is -0.494 e. The third-order valence-electron chi connectivity index (χ3n) is 3.55. The molecule has 2 N–H and O–H groups in total. The van der Waals surface area contributed by atoms with Crippen LogP contribution in [0.25, 0.3) is 6.08 Å². The van der Waals surface area contributed by atoms with Crippen LogP contribution < -0.4 is 10.1 Å². The minimum absolute atomic E-state index is 0.124. The first-order chi connectivity index (χ1) is 12.5. The molecule has 0 saturated carbocycles. The van der Waals surface area contributed by atoms with Crippen LogP contribution in [0.1, 0.15) is 18.5 Å². The molecule has 2 aromatic rings. The minimum atomic E-state index is -0.840. The van der Waals surface area contributed by atoms with Crippen LogP contribution in [0.4, 0.5) is 11.6 Å². The summed E-state index contributed by atoms with van der Waals surface area (Å²) in [5.41, 5.74) is 0.857. The molecule has 1 aliphatic heterocycles. The first-order valence-electron chi connectivity index (χ1n) is 7.77. The van der Waals surface area contributed by atoms with Crippen LogP contribution in [0, 0.1) is 11.3 Å². The molecule has 1 atom stereocenters. The van der Waals surface area contributed by atoms with Crippen molar-refractivity contribution in [2.45, 2.75) is 13.2 Å². The van der Waals surface area contributed by atoms with Crippen LogP contribution in [-0.4, -0.2) is 39.2 Å². The topological polar surface area (TPSA) is 94.6 Å². The van der Waals surface area contributed by atoms with Gasteiger partial charge in [0.05, 0.1) is 6.61 Å². The van der Waals surface area contributed by atoms with E-state index in [4.69, 9.17) is 21.4 Å². The van der Waals surface area contributed by atoms with E-state index < -0.39 is 6.23 Å². The van der Waals surface area contributed by atoms with Gasteiger partial charge in [-0.3, -0.25) is 0 Å². The van der Waals surface area contributed by atoms with Crippen molar-refractivity contribution in [3.8, 4) is 11.8 Å². The van der Waals surface area contributed by atoms with Crippen LogP contribution in [0.2, 0.25) is 0 Å². The van der Waals surface area contributed by atoms with Crippen LogP contribution in [0.5, 0.6) is 5.75 Å². The van der Waals surface area contributed by atoms with Crippen molar-refractivity contribution in [1.29, 1.82) is 5.26 Å². The molecule has 1 fully saturated rings. The summed E-state index contributed by atoms with van der Waals surface area (Å²) < 4.78 is 11.6. The van der Waals surface area contributed by atoms with Crippen molar-refractivity contribution in [2.24, 2.45) is 0 Å². The molecule has 0 aliphatic carbocycles. The molecule has 26 heavy (non-hydrogen) atoms. The Hall–Kier alpha value is -2.54. The van der Waals surface area contributed by atoms with E-state index in [1.165, 1.54) is 11.8 Å². The second kappa shape index (κ2) is 7.78. The Balaban J connectivity index is 1.81. The molecule has 1 saturated heterocycles. The van der Waals surface area contributed by atoms with Gasteiger partial charge in [-0.15, -0.1) is 0 Å². The fourth-order valence-electron chi connectivity index (χ4n) is 2.23. The number of nitriles is 1. The average molecular weight is 388 g/mol. The number of rotatable bonds is 5. The summed E-state index contributed by atoms with van der Waals surface area (Å²) in [6.45, 7) is 2.51. The highest BCUT2D eigenvalue weighted by atomic mass is 32.2. The Morgan fingerprint density at radius 3 is 2.81 bits per heavy atom. The largest absolute Gasteiger partial charge is 0.494 e. The number of aliphatic hydroxyl groups is 1. The van der Waals surface area contributed by atoms with E-state index in [0.29, 0.717) is 15.8 Å². The monoisotopic (exact) mass is 388 g/mol. The molecule has 0 radical (unpaired) electrons. The molecule has 1 aliphatic rings. The lowest BCUT2D eigenvalue weighted by Crippen LogP contribution is -2.27. The number of aromatic nitrogens is 1. The SMILES string of the molecule is CCOc1ccc(Nc2oc(C=C3SC(=S)N(C)C3O)nc2C#N)cc1. The summed E-state index contributed by atoms with van der Waals surface area (Å²) in [4.78, 5) is 6.30. The van der Waals surface area contributed by atoms with Gasteiger partial charge < -0.3 is 24.5 Å². The van der Waals surface area contributed by atoms with Gasteiger partial charge in [-0.25, -0.2) is 0 Å². The summed E-state index contributed by atoms with van der Waals surface area (Å²) in [5, 5.41) is 22.4. The van der Waals surface area contributed by atoms with E-state index in [-0.39, 0.29) is 17.5 Å². The molecular formula is C17H16N4O3S2. The van der Waals surface area contributed by atoms with Crippen LogP contribution in [-0.2, 0) is 0 Å². The molecule has 7 nitrogen and oxygen atoms in total. The van der Waals surface area contributed by atoms with Gasteiger partial charge in [0, 0.05) is 23.7 Å². The second-order valence-corrected chi connectivity index (χ2v) is 7.03. The Morgan fingerprint density at radius 2 is 2.23 bits per heavy atom. The fourth-order valence-corrected chi connectivity index (χ4v) is 3.49. The number of oxazole rings is 1. The van der Waals surface area contributed by atoms with Crippen LogP contribution in [0.15, 0.2) is 33.6 Å². The van der Waals surface area contributed by atoms with Gasteiger partial charge in [-0.05, 0) is 31.2 Å². The standard InChI is InChI=1S/C17H16N4O3S2/c1-3-23-11-6-4-10(5-7-11)19-15-12(9-18)20-14(24-15)8-13-16(22)21(2)17(25)26-13/h4-8,16,19,22H,3H2,1-2H3. The number of hydrogen-bond donors (Lipinski definition) is 2. The van der Waals surface area contributed by atoms with Crippen molar-refractivity contribution in [2.75, 3.05) is 19.0 Å². The number of benzene rings is 1. The number of thiocarbonyl (C=S) groups is 1. The van der Waals surface area contributed by atoms with E-state index in [1.807, 2.05) is 37.3 Å². The molecule has 1 aromatic heterocycles. The van der Waals surface area contributed by atoms with Gasteiger partial charge in [0.2, 0.25) is 17.5 Å². The molecule has 9 heteroatoms. The zero-order chi connectivity index (χ0) is 18.7. The molecule has 0 bridgehead atoms. The highest BCUT2D eigenvalue weighted by molar-refractivity contribution is 8.25. The van der Waals surface area contributed by atoms with E-state index in [9.17, 15) is 10.4 Å². The molecule has 1 aromatic carbocycles. The van der Waals surface area contributed by atoms with Crippen molar-refractivity contribution in [3.05, 3.63) is 40.8 Å². The van der Waals surface area contributed by atoms with Gasteiger partial charge in [-0.1, -0.05) is 24.0 Å². The lowest BCUT2D eigenvalue weighted by molar-refractivity contribution is 0.120. The lowest BCUT2D eigenvalue weighted by atomic mass is 10.3. The summed E-state index contributed by atoms with van der Waals surface area (Å²) in [6.07, 6.45) is 0.738. The number of thioether (sulfide) groups is 1. The van der Waals surface area contributed by atoms with Gasteiger partial charge in [-0.2, -0.15) is 10.2 Å². The van der Waals surface area contributed by atoms with Gasteiger partial charge in [0.25, 0.3) is 0 Å². The highest BCUT2D eigenvalue weighted by Gasteiger charge is 2.29. The Bertz CT molecular complexity index is 886. The number of ether oxygens (including phenoxy) is 1. The van der Waals surface area contributed by atoms with Crippen molar-refractivity contribution < 1.29 is 14.3 Å². The highest BCUT2D eigenvalue weighted by Crippen LogP contribution is 2.35. The summed E-state index contributed by atoms with van der Waals surface area (Å²) in [6, 6.07) is 9.27. The third kappa shape index (κ3) is 3.83. The zero-order valence-electron chi connectivity index (χ0n) is 14.1. The predicted molar refractivity (Wildman–Crippen MR) is 104 cm³/mol. The van der Waals surface area contributed by atoms with Crippen molar-refractivity contribution in [1.82, 2.24) is 9.88 Å². The number of nitrogens with one attached hydrogen (secondary N) is 1. The molecule has 1 unspecified atom stereocenters. The number of nitrogens with zero attached hydrogens (tertiary/aromatic N) is 3. The molecule has 3 rings (SSSR count). The summed E-state index contributed by atoms with van der Waals surface area (Å²) in [7, 11) is 1.70. The Morgan fingerprint density at radius 1 is 1.50 bits per heavy atom. The maximum absolute atomic E-state index is 10.1. The maximum Gasteiger partial charge on any atom is 0.236 e. The van der Waals surface area contributed by atoms with Gasteiger partial charge >= 0.3 is 0 Å². The van der Waals surface area contributed by atoms with Gasteiger partial charge in [0.15, 0.2) is 6.23 Å². The number of likely N-dealkylation sites (N-methyl/N-ethyl adjacent to an activating group) is 1. The maximum atomic E-state index is 10.1. The van der Waals surface area contributed by atoms with Crippen LogP contribution in [0.3, 0.4) is 0 Å². The quantitative estimate of drug-likeness (QED) is 0.748. The summed E-state index contributed by atoms with van der Waals surface area (Å²) in [5.74, 6) is 1.21. The van der Waals surface area contributed by atoms with E-state index in [0.717, 1.165) is 11.4 Å². The molecular weight excluding hydrogens is 372 g/mol.